The second-order valence-electron chi connectivity index (χ2n) is 5.14. The van der Waals surface area contributed by atoms with Crippen LogP contribution in [0.25, 0.3) is 0 Å². The minimum atomic E-state index is -3.56. The molecule has 7 heteroatoms. The van der Waals surface area contributed by atoms with E-state index in [4.69, 9.17) is 9.84 Å². The molecule has 1 aromatic rings. The third-order valence-corrected chi connectivity index (χ3v) is 3.58. The van der Waals surface area contributed by atoms with Crippen molar-refractivity contribution in [2.24, 2.45) is 0 Å². The molecule has 1 aromatic carbocycles. The number of likely N-dealkylation sites (tertiary alicyclic amines) is 1. The van der Waals surface area contributed by atoms with Gasteiger partial charge in [0.25, 0.3) is 5.91 Å². The highest BCUT2D eigenvalue weighted by atomic mass is 19.3. The normalized spacial score (nSPS) is 16.5. The molecular weight excluding hydrogens is 296 g/mol. The summed E-state index contributed by atoms with van der Waals surface area (Å²) >= 11 is 0. The van der Waals surface area contributed by atoms with Gasteiger partial charge in [0.15, 0.2) is 0 Å². The largest absolute Gasteiger partial charge is 0.480 e. The molecule has 0 aromatic heterocycles. The van der Waals surface area contributed by atoms with Gasteiger partial charge in [0.2, 0.25) is 0 Å². The van der Waals surface area contributed by atoms with Crippen LogP contribution in [0.1, 0.15) is 18.4 Å². The fourth-order valence-electron chi connectivity index (χ4n) is 2.38. The Morgan fingerprint density at radius 1 is 1.23 bits per heavy atom. The van der Waals surface area contributed by atoms with Crippen molar-refractivity contribution < 1.29 is 28.2 Å². The summed E-state index contributed by atoms with van der Waals surface area (Å²) in [6.45, 7) is -0.157. The summed E-state index contributed by atoms with van der Waals surface area (Å²) in [6, 6.07) is 6.97. The van der Waals surface area contributed by atoms with E-state index in [2.05, 4.69) is 0 Å². The number of amides is 1. The maximum atomic E-state index is 14.2. The van der Waals surface area contributed by atoms with Crippen molar-refractivity contribution >= 4 is 11.9 Å². The van der Waals surface area contributed by atoms with E-state index in [1.54, 1.807) is 6.07 Å². The van der Waals surface area contributed by atoms with Gasteiger partial charge in [-0.2, -0.15) is 8.78 Å². The highest BCUT2D eigenvalue weighted by molar-refractivity contribution is 5.85. The zero-order chi connectivity index (χ0) is 16.2. The quantitative estimate of drug-likeness (QED) is 0.901. The Kier molecular flexibility index (Phi) is 5.07. The lowest BCUT2D eigenvalue weighted by Gasteiger charge is -2.33. The monoisotopic (exact) mass is 313 g/mol. The predicted octanol–water partition coefficient (Wildman–Crippen LogP) is 1.87. The molecule has 120 valence electrons. The molecular formula is C15H17F2NO4. The van der Waals surface area contributed by atoms with Crippen molar-refractivity contribution in [1.29, 1.82) is 0 Å². The van der Waals surface area contributed by atoms with Crippen LogP contribution in [0.2, 0.25) is 0 Å². The van der Waals surface area contributed by atoms with E-state index in [1.807, 2.05) is 0 Å². The number of aliphatic carboxylic acids is 1. The second kappa shape index (κ2) is 6.83. The number of ether oxygens (including phenoxy) is 1. The summed E-state index contributed by atoms with van der Waals surface area (Å²) in [7, 11) is 0. The molecule has 22 heavy (non-hydrogen) atoms. The molecule has 1 amide bonds. The number of alkyl halides is 2. The van der Waals surface area contributed by atoms with E-state index in [9.17, 15) is 18.4 Å². The van der Waals surface area contributed by atoms with Gasteiger partial charge in [-0.05, 0) is 12.8 Å². The lowest BCUT2D eigenvalue weighted by atomic mass is 10.0. The van der Waals surface area contributed by atoms with Gasteiger partial charge in [0, 0.05) is 18.7 Å². The van der Waals surface area contributed by atoms with Crippen molar-refractivity contribution in [3.05, 3.63) is 35.9 Å². The summed E-state index contributed by atoms with van der Waals surface area (Å²) in [5.74, 6) is -5.86. The topological polar surface area (TPSA) is 66.8 Å². The number of hydrogen-bond donors (Lipinski definition) is 1. The molecule has 0 atom stereocenters. The summed E-state index contributed by atoms with van der Waals surface area (Å²) in [5.41, 5.74) is -0.329. The average molecular weight is 313 g/mol. The number of carboxylic acids is 1. The highest BCUT2D eigenvalue weighted by Gasteiger charge is 2.44. The third-order valence-electron chi connectivity index (χ3n) is 3.58. The van der Waals surface area contributed by atoms with Gasteiger partial charge < -0.3 is 14.7 Å². The zero-order valence-electron chi connectivity index (χ0n) is 11.9. The van der Waals surface area contributed by atoms with Gasteiger partial charge in [-0.3, -0.25) is 4.79 Å². The van der Waals surface area contributed by atoms with E-state index in [0.717, 1.165) is 4.90 Å². The van der Waals surface area contributed by atoms with Crippen molar-refractivity contribution in [2.45, 2.75) is 24.9 Å². The van der Waals surface area contributed by atoms with Crippen LogP contribution in [0, 0.1) is 0 Å². The van der Waals surface area contributed by atoms with E-state index in [-0.39, 0.29) is 24.8 Å². The molecule has 0 saturated carbocycles. The van der Waals surface area contributed by atoms with Crippen LogP contribution in [-0.4, -0.2) is 47.7 Å². The van der Waals surface area contributed by atoms with Crippen LogP contribution in [0.5, 0.6) is 0 Å². The Bertz CT molecular complexity index is 528. The van der Waals surface area contributed by atoms with Crippen LogP contribution >= 0.6 is 0 Å². The number of carbonyl (C=O) groups excluding carboxylic acids is 1. The van der Waals surface area contributed by atoms with Gasteiger partial charge in [0.05, 0.1) is 6.10 Å². The summed E-state index contributed by atoms with van der Waals surface area (Å²) in [5, 5.41) is 8.53. The molecule has 0 radical (unpaired) electrons. The lowest BCUT2D eigenvalue weighted by molar-refractivity contribution is -0.162. The van der Waals surface area contributed by atoms with Crippen molar-refractivity contribution in [2.75, 3.05) is 19.7 Å². The number of carbonyl (C=O) groups is 2. The van der Waals surface area contributed by atoms with E-state index in [0.29, 0.717) is 12.8 Å². The first-order valence-corrected chi connectivity index (χ1v) is 6.97. The predicted molar refractivity (Wildman–Crippen MR) is 73.5 cm³/mol. The molecule has 0 bridgehead atoms. The minimum absolute atomic E-state index is 0.130. The number of rotatable bonds is 5. The van der Waals surface area contributed by atoms with Gasteiger partial charge in [0.1, 0.15) is 6.61 Å². The highest BCUT2D eigenvalue weighted by Crippen LogP contribution is 2.31. The summed E-state index contributed by atoms with van der Waals surface area (Å²) < 4.78 is 33.5. The first kappa shape index (κ1) is 16.4. The minimum Gasteiger partial charge on any atom is -0.480 e. The SMILES string of the molecule is O=C(O)COC1CCN(C(=O)C(F)(F)c2ccccc2)CC1. The second-order valence-corrected chi connectivity index (χ2v) is 5.14. The molecule has 1 N–H and O–H groups in total. The molecule has 0 unspecified atom stereocenters. The molecule has 0 aliphatic carbocycles. The van der Waals surface area contributed by atoms with Crippen molar-refractivity contribution in [1.82, 2.24) is 4.90 Å². The molecule has 0 spiro atoms. The first-order valence-electron chi connectivity index (χ1n) is 6.97. The van der Waals surface area contributed by atoms with E-state index in [1.165, 1.54) is 24.3 Å². The molecule has 1 fully saturated rings. The Balaban J connectivity index is 1.93. The van der Waals surface area contributed by atoms with Gasteiger partial charge in [-0.15, -0.1) is 0 Å². The smallest absolute Gasteiger partial charge is 0.349 e. The molecule has 1 heterocycles. The fraction of sp³-hybridized carbons (Fsp3) is 0.467. The van der Waals surface area contributed by atoms with Crippen molar-refractivity contribution in [3.8, 4) is 0 Å². The maximum Gasteiger partial charge on any atom is 0.349 e. The first-order chi connectivity index (χ1) is 10.4. The average Bonchev–Trinajstić information content (AvgIpc) is 2.53. The molecule has 5 nitrogen and oxygen atoms in total. The Morgan fingerprint density at radius 3 is 2.36 bits per heavy atom. The Morgan fingerprint density at radius 2 is 1.82 bits per heavy atom. The number of carboxylic acid groups (broad SMARTS) is 1. The zero-order valence-corrected chi connectivity index (χ0v) is 11.9. The van der Waals surface area contributed by atoms with Gasteiger partial charge in [-0.1, -0.05) is 30.3 Å². The number of piperidine rings is 1. The summed E-state index contributed by atoms with van der Waals surface area (Å²) in [4.78, 5) is 23.6. The van der Waals surface area contributed by atoms with Gasteiger partial charge >= 0.3 is 11.9 Å². The van der Waals surface area contributed by atoms with Crippen LogP contribution in [0.15, 0.2) is 30.3 Å². The Labute approximate surface area is 126 Å². The van der Waals surface area contributed by atoms with Crippen LogP contribution in [0.4, 0.5) is 8.78 Å². The Hall–Kier alpha value is -2.02. The fourth-order valence-corrected chi connectivity index (χ4v) is 2.38. The molecule has 1 aliphatic rings. The van der Waals surface area contributed by atoms with Crippen LogP contribution in [0.3, 0.4) is 0 Å². The van der Waals surface area contributed by atoms with Crippen molar-refractivity contribution in [3.63, 3.8) is 0 Å². The van der Waals surface area contributed by atoms with E-state index < -0.39 is 24.4 Å². The number of benzene rings is 1. The molecule has 1 aliphatic heterocycles. The third kappa shape index (κ3) is 3.79. The number of hydrogen-bond acceptors (Lipinski definition) is 3. The summed E-state index contributed by atoms with van der Waals surface area (Å²) in [6.07, 6.45) is 0.388. The standard InChI is InChI=1S/C15H17F2NO4/c16-15(17,11-4-2-1-3-5-11)14(21)18-8-6-12(7-9-18)22-10-13(19)20/h1-5,12H,6-10H2,(H,19,20). The lowest BCUT2D eigenvalue weighted by Crippen LogP contribution is -2.47. The maximum absolute atomic E-state index is 14.2. The van der Waals surface area contributed by atoms with Gasteiger partial charge in [-0.25, -0.2) is 4.79 Å². The van der Waals surface area contributed by atoms with Crippen LogP contribution in [-0.2, 0) is 20.2 Å². The molecule has 2 rings (SSSR count). The van der Waals surface area contributed by atoms with Crippen LogP contribution < -0.4 is 0 Å². The number of halogens is 2. The van der Waals surface area contributed by atoms with E-state index >= 15 is 0 Å². The number of nitrogens with zero attached hydrogens (tertiary/aromatic N) is 1. The molecule has 1 saturated heterocycles.